The lowest BCUT2D eigenvalue weighted by atomic mass is 10.00. The van der Waals surface area contributed by atoms with E-state index in [0.29, 0.717) is 34.6 Å². The zero-order valence-electron chi connectivity index (χ0n) is 16.5. The Hall–Kier alpha value is -3.59. The molecule has 0 unspecified atom stereocenters. The third kappa shape index (κ3) is 3.85. The number of nitriles is 1. The molecular weight excluding hydrogens is 371 g/mol. The molecule has 0 N–H and O–H groups in total. The predicted molar refractivity (Wildman–Crippen MR) is 107 cm³/mol. The number of hydrogen-bond donors (Lipinski definition) is 0. The molecule has 6 heteroatoms. The lowest BCUT2D eigenvalue weighted by Gasteiger charge is -2.10. The summed E-state index contributed by atoms with van der Waals surface area (Å²) >= 11 is 0. The van der Waals surface area contributed by atoms with Gasteiger partial charge >= 0.3 is 5.97 Å². The molecule has 0 bridgehead atoms. The third-order valence-electron chi connectivity index (χ3n) is 4.64. The molecule has 0 atom stereocenters. The molecule has 0 aliphatic rings. The van der Waals surface area contributed by atoms with Gasteiger partial charge in [-0.3, -0.25) is 0 Å². The van der Waals surface area contributed by atoms with Crippen molar-refractivity contribution in [1.82, 2.24) is 4.57 Å². The van der Waals surface area contributed by atoms with Crippen LogP contribution in [-0.2, 0) is 18.2 Å². The van der Waals surface area contributed by atoms with Crippen LogP contribution in [0, 0.1) is 17.1 Å². The molecule has 0 amide bonds. The molecule has 2 aromatic carbocycles. The van der Waals surface area contributed by atoms with E-state index in [0.717, 1.165) is 5.69 Å². The lowest BCUT2D eigenvalue weighted by molar-refractivity contribution is 0.0516. The SMILES string of the molecule is CCOC(=O)c1c(-c2ccc(Oc3ccccc3F)cc2)c(C#N)c(CC)n1C. The first kappa shape index (κ1) is 20.2. The molecule has 29 heavy (non-hydrogen) atoms. The highest BCUT2D eigenvalue weighted by molar-refractivity contribution is 5.98. The number of carbonyl (C=O) groups is 1. The van der Waals surface area contributed by atoms with Gasteiger partial charge in [0.1, 0.15) is 17.5 Å². The molecule has 3 rings (SSSR count). The number of halogens is 1. The molecule has 3 aromatic rings. The number of hydrogen-bond acceptors (Lipinski definition) is 4. The Labute approximate surface area is 168 Å². The Morgan fingerprint density at radius 2 is 1.83 bits per heavy atom. The monoisotopic (exact) mass is 392 g/mol. The Bertz CT molecular complexity index is 1080. The molecule has 0 radical (unpaired) electrons. The quantitative estimate of drug-likeness (QED) is 0.539. The summed E-state index contributed by atoms with van der Waals surface area (Å²) in [6.07, 6.45) is 0.597. The zero-order chi connectivity index (χ0) is 21.0. The number of para-hydroxylation sites is 1. The molecule has 0 saturated carbocycles. The van der Waals surface area contributed by atoms with Crippen molar-refractivity contribution in [3.63, 3.8) is 0 Å². The van der Waals surface area contributed by atoms with E-state index in [1.54, 1.807) is 61.0 Å². The van der Waals surface area contributed by atoms with E-state index in [4.69, 9.17) is 9.47 Å². The van der Waals surface area contributed by atoms with E-state index in [2.05, 4.69) is 6.07 Å². The van der Waals surface area contributed by atoms with Crippen molar-refractivity contribution in [1.29, 1.82) is 5.26 Å². The molecule has 1 aromatic heterocycles. The number of nitrogens with zero attached hydrogens (tertiary/aromatic N) is 2. The normalized spacial score (nSPS) is 10.4. The van der Waals surface area contributed by atoms with Crippen LogP contribution >= 0.6 is 0 Å². The molecule has 0 aliphatic heterocycles. The summed E-state index contributed by atoms with van der Waals surface area (Å²) in [5, 5.41) is 9.74. The highest BCUT2D eigenvalue weighted by atomic mass is 19.1. The Balaban J connectivity index is 2.05. The zero-order valence-corrected chi connectivity index (χ0v) is 16.5. The fourth-order valence-electron chi connectivity index (χ4n) is 3.33. The van der Waals surface area contributed by atoms with E-state index < -0.39 is 11.8 Å². The van der Waals surface area contributed by atoms with Gasteiger partial charge in [-0.15, -0.1) is 0 Å². The van der Waals surface area contributed by atoms with Crippen molar-refractivity contribution in [2.75, 3.05) is 6.61 Å². The van der Waals surface area contributed by atoms with Gasteiger partial charge in [-0.05, 0) is 43.2 Å². The van der Waals surface area contributed by atoms with Crippen molar-refractivity contribution in [3.8, 4) is 28.7 Å². The summed E-state index contributed by atoms with van der Waals surface area (Å²) < 4.78 is 26.3. The smallest absolute Gasteiger partial charge is 0.355 e. The van der Waals surface area contributed by atoms with Crippen LogP contribution in [0.25, 0.3) is 11.1 Å². The van der Waals surface area contributed by atoms with E-state index in [1.807, 2.05) is 6.92 Å². The Kier molecular flexibility index (Phi) is 5.99. The third-order valence-corrected chi connectivity index (χ3v) is 4.64. The molecule has 0 saturated heterocycles. The second-order valence-corrected chi connectivity index (χ2v) is 6.35. The largest absolute Gasteiger partial charge is 0.461 e. The van der Waals surface area contributed by atoms with Crippen molar-refractivity contribution in [3.05, 3.63) is 71.3 Å². The Morgan fingerprint density at radius 1 is 1.14 bits per heavy atom. The van der Waals surface area contributed by atoms with Crippen LogP contribution in [-0.4, -0.2) is 17.1 Å². The first-order chi connectivity index (χ1) is 14.0. The minimum absolute atomic E-state index is 0.123. The van der Waals surface area contributed by atoms with E-state index in [-0.39, 0.29) is 12.4 Å². The molecule has 148 valence electrons. The highest BCUT2D eigenvalue weighted by Crippen LogP contribution is 2.34. The molecule has 5 nitrogen and oxygen atoms in total. The van der Waals surface area contributed by atoms with E-state index in [1.165, 1.54) is 6.07 Å². The van der Waals surface area contributed by atoms with Gasteiger partial charge in [0.2, 0.25) is 0 Å². The van der Waals surface area contributed by atoms with Crippen LogP contribution in [0.3, 0.4) is 0 Å². The van der Waals surface area contributed by atoms with Crippen LogP contribution in [0.5, 0.6) is 11.5 Å². The van der Waals surface area contributed by atoms with Crippen LogP contribution in [0.15, 0.2) is 48.5 Å². The van der Waals surface area contributed by atoms with Crippen molar-refractivity contribution in [2.24, 2.45) is 7.05 Å². The average molecular weight is 392 g/mol. The van der Waals surface area contributed by atoms with Crippen molar-refractivity contribution < 1.29 is 18.7 Å². The number of benzene rings is 2. The van der Waals surface area contributed by atoms with Gasteiger partial charge in [0.05, 0.1) is 12.2 Å². The first-order valence-corrected chi connectivity index (χ1v) is 9.33. The summed E-state index contributed by atoms with van der Waals surface area (Å²) in [6.45, 7) is 3.91. The van der Waals surface area contributed by atoms with Crippen LogP contribution in [0.4, 0.5) is 4.39 Å². The van der Waals surface area contributed by atoms with Gasteiger partial charge in [-0.25, -0.2) is 9.18 Å². The minimum Gasteiger partial charge on any atom is -0.461 e. The summed E-state index contributed by atoms with van der Waals surface area (Å²) in [5.41, 5.74) is 2.75. The average Bonchev–Trinajstić information content (AvgIpc) is 3.02. The van der Waals surface area contributed by atoms with E-state index >= 15 is 0 Å². The summed E-state index contributed by atoms with van der Waals surface area (Å²) in [5.74, 6) is -0.365. The van der Waals surface area contributed by atoms with Crippen LogP contribution in [0.1, 0.15) is 35.6 Å². The fourth-order valence-corrected chi connectivity index (χ4v) is 3.33. The topological polar surface area (TPSA) is 64.2 Å². The van der Waals surface area contributed by atoms with Crippen LogP contribution in [0.2, 0.25) is 0 Å². The van der Waals surface area contributed by atoms with Gasteiger partial charge in [0.15, 0.2) is 11.6 Å². The van der Waals surface area contributed by atoms with Crippen molar-refractivity contribution >= 4 is 5.97 Å². The lowest BCUT2D eigenvalue weighted by Crippen LogP contribution is -2.12. The number of rotatable bonds is 6. The molecular formula is C23H21FN2O3. The standard InChI is InChI=1S/C23H21FN2O3/c1-4-19-17(14-25)21(22(26(19)3)23(27)28-5-2)15-10-12-16(13-11-15)29-20-9-7-6-8-18(20)24/h6-13H,4-5H2,1-3H3. The second kappa shape index (κ2) is 8.61. The van der Waals surface area contributed by atoms with E-state index in [9.17, 15) is 14.4 Å². The van der Waals surface area contributed by atoms with Gasteiger partial charge in [0.25, 0.3) is 0 Å². The molecule has 0 fully saturated rings. The van der Waals surface area contributed by atoms with Gasteiger partial charge < -0.3 is 14.0 Å². The molecule has 1 heterocycles. The molecule has 0 spiro atoms. The first-order valence-electron chi connectivity index (χ1n) is 9.33. The van der Waals surface area contributed by atoms with Gasteiger partial charge in [0, 0.05) is 18.3 Å². The number of carbonyl (C=O) groups excluding carboxylic acids is 1. The van der Waals surface area contributed by atoms with Gasteiger partial charge in [-0.2, -0.15) is 5.26 Å². The number of aromatic nitrogens is 1. The fraction of sp³-hybridized carbons (Fsp3) is 0.217. The number of esters is 1. The summed E-state index contributed by atoms with van der Waals surface area (Å²) in [7, 11) is 1.76. The van der Waals surface area contributed by atoms with Gasteiger partial charge in [-0.1, -0.05) is 31.2 Å². The summed E-state index contributed by atoms with van der Waals surface area (Å²) in [6, 6.07) is 15.2. The van der Waals surface area contributed by atoms with Crippen LogP contribution < -0.4 is 4.74 Å². The minimum atomic E-state index is -0.479. The predicted octanol–water partition coefficient (Wildman–Crippen LogP) is 5.23. The second-order valence-electron chi connectivity index (χ2n) is 6.35. The maximum absolute atomic E-state index is 13.8. The maximum Gasteiger partial charge on any atom is 0.355 e. The van der Waals surface area contributed by atoms with Crippen molar-refractivity contribution in [2.45, 2.75) is 20.3 Å². The highest BCUT2D eigenvalue weighted by Gasteiger charge is 2.26. The molecule has 0 aliphatic carbocycles. The Morgan fingerprint density at radius 3 is 2.41 bits per heavy atom. The summed E-state index contributed by atoms with van der Waals surface area (Å²) in [4.78, 5) is 12.6. The maximum atomic E-state index is 13.8. The number of ether oxygens (including phenoxy) is 2.